The standard InChI is InChI=1S/C47H67N13O9S/c1-25(2)38(58-44(67)33(56-42(65)31(48)14-15-36(49)61)19-27-22-53-32-13-9-8-12-30(27)32)46(69)54-26(3)41(64)52-17-16-37(62)55-34(20-28-23-51-24-60(28)7)43(66)57-35(21-29-11-10-18-70-29)45(68)59-39(40(50)63)47(4,5)6/h8-13,18,22-26,31,33-35,38-39,53H,14-17,19-21,48H2,1-7H3,(H2,49,61)(H2,50,63)(H,52,64)(H,54,69)(H,55,62)(H,56,65)(H,57,66)(H,58,67)(H,59,68)/t26-,31-,33-,34-,35-,38-,39?/m0/s1. The Kier molecular flexibility index (Phi) is 20.2. The molecule has 1 unspecified atom stereocenters. The molecule has 0 saturated heterocycles. The second-order valence-corrected chi connectivity index (χ2v) is 19.6. The Hall–Kier alpha value is -7.14. The maximum Gasteiger partial charge on any atom is 0.243 e. The lowest BCUT2D eigenvalue weighted by Crippen LogP contribution is -2.59. The van der Waals surface area contributed by atoms with Gasteiger partial charge >= 0.3 is 0 Å². The number of aryl methyl sites for hydroxylation is 1. The van der Waals surface area contributed by atoms with Gasteiger partial charge in [0, 0.05) is 79.6 Å². The van der Waals surface area contributed by atoms with Gasteiger partial charge in [-0.25, -0.2) is 4.98 Å². The summed E-state index contributed by atoms with van der Waals surface area (Å²) in [7, 11) is 1.72. The lowest BCUT2D eigenvalue weighted by Gasteiger charge is -2.31. The van der Waals surface area contributed by atoms with Gasteiger partial charge in [0.1, 0.15) is 36.3 Å². The van der Waals surface area contributed by atoms with Gasteiger partial charge in [-0.15, -0.1) is 11.3 Å². The minimum Gasteiger partial charge on any atom is -0.370 e. The van der Waals surface area contributed by atoms with Gasteiger partial charge in [0.05, 0.1) is 12.4 Å². The molecule has 9 amide bonds. The molecule has 3 heterocycles. The summed E-state index contributed by atoms with van der Waals surface area (Å²) in [5.41, 5.74) is 18.2. The maximum absolute atomic E-state index is 14.0. The first-order valence-electron chi connectivity index (χ1n) is 22.9. The number of nitrogens with one attached hydrogen (secondary N) is 8. The van der Waals surface area contributed by atoms with Crippen LogP contribution in [0, 0.1) is 11.3 Å². The largest absolute Gasteiger partial charge is 0.370 e. The van der Waals surface area contributed by atoms with E-state index in [1.54, 1.807) is 64.6 Å². The minimum absolute atomic E-state index is 0.0153. The number of imidazole rings is 1. The number of hydrogen-bond acceptors (Lipinski definition) is 12. The number of aromatic amines is 1. The Bertz CT molecular complexity index is 2480. The second kappa shape index (κ2) is 25.5. The van der Waals surface area contributed by atoms with E-state index in [1.165, 1.54) is 30.8 Å². The highest BCUT2D eigenvalue weighted by atomic mass is 32.1. The van der Waals surface area contributed by atoms with Crippen molar-refractivity contribution < 1.29 is 43.2 Å². The lowest BCUT2D eigenvalue weighted by molar-refractivity contribution is -0.134. The van der Waals surface area contributed by atoms with Crippen molar-refractivity contribution >= 4 is 75.4 Å². The number of aromatic nitrogens is 3. The van der Waals surface area contributed by atoms with E-state index in [1.807, 2.05) is 29.6 Å². The summed E-state index contributed by atoms with van der Waals surface area (Å²) in [6.07, 6.45) is 4.38. The van der Waals surface area contributed by atoms with Crippen molar-refractivity contribution in [2.45, 2.75) is 122 Å². The number of benzene rings is 1. The van der Waals surface area contributed by atoms with E-state index >= 15 is 0 Å². The molecule has 3 aromatic heterocycles. The summed E-state index contributed by atoms with van der Waals surface area (Å²) in [4.78, 5) is 127. The number of hydrogen-bond donors (Lipinski definition) is 11. The van der Waals surface area contributed by atoms with Crippen molar-refractivity contribution in [3.63, 3.8) is 0 Å². The highest BCUT2D eigenvalue weighted by molar-refractivity contribution is 7.09. The number of carbonyl (C=O) groups is 9. The molecule has 0 aliphatic rings. The van der Waals surface area contributed by atoms with E-state index < -0.39 is 107 Å². The third-order valence-corrected chi connectivity index (χ3v) is 12.4. The predicted molar refractivity (Wildman–Crippen MR) is 262 cm³/mol. The Morgan fingerprint density at radius 3 is 2.00 bits per heavy atom. The van der Waals surface area contributed by atoms with Crippen LogP contribution in [-0.4, -0.2) is 117 Å². The summed E-state index contributed by atoms with van der Waals surface area (Å²) in [6, 6.07) is 2.90. The Morgan fingerprint density at radius 1 is 0.743 bits per heavy atom. The van der Waals surface area contributed by atoms with Crippen LogP contribution in [0.4, 0.5) is 0 Å². The third-order valence-electron chi connectivity index (χ3n) is 11.5. The van der Waals surface area contributed by atoms with Gasteiger partial charge in [0.2, 0.25) is 53.2 Å². The molecule has 0 saturated carbocycles. The highest BCUT2D eigenvalue weighted by Gasteiger charge is 2.36. The molecule has 0 radical (unpaired) electrons. The predicted octanol–water partition coefficient (Wildman–Crippen LogP) is -0.794. The van der Waals surface area contributed by atoms with Crippen molar-refractivity contribution in [2.75, 3.05) is 6.54 Å². The number of nitrogens with two attached hydrogens (primary N) is 3. The van der Waals surface area contributed by atoms with E-state index in [0.29, 0.717) is 11.3 Å². The lowest BCUT2D eigenvalue weighted by atomic mass is 9.86. The Labute approximate surface area is 410 Å². The van der Waals surface area contributed by atoms with Crippen molar-refractivity contribution in [1.82, 2.24) is 51.8 Å². The van der Waals surface area contributed by atoms with Crippen LogP contribution in [0.25, 0.3) is 10.9 Å². The first-order valence-corrected chi connectivity index (χ1v) is 23.8. The molecular formula is C47H67N13O9S. The molecular weight excluding hydrogens is 923 g/mol. The van der Waals surface area contributed by atoms with Crippen molar-refractivity contribution in [2.24, 2.45) is 35.6 Å². The number of thiophene rings is 1. The average molecular weight is 990 g/mol. The molecule has 0 aliphatic carbocycles. The molecule has 0 fully saturated rings. The first kappa shape index (κ1) is 55.5. The molecule has 1 aromatic carbocycles. The topological polar surface area (TPSA) is 350 Å². The molecule has 23 heteroatoms. The van der Waals surface area contributed by atoms with E-state index in [4.69, 9.17) is 17.2 Å². The van der Waals surface area contributed by atoms with Gasteiger partial charge in [-0.05, 0) is 47.8 Å². The van der Waals surface area contributed by atoms with Crippen LogP contribution in [0.5, 0.6) is 0 Å². The highest BCUT2D eigenvalue weighted by Crippen LogP contribution is 2.21. The van der Waals surface area contributed by atoms with Crippen LogP contribution in [0.1, 0.15) is 76.9 Å². The van der Waals surface area contributed by atoms with Crippen molar-refractivity contribution in [1.29, 1.82) is 0 Å². The number of carbonyl (C=O) groups excluding carboxylic acids is 9. The first-order chi connectivity index (χ1) is 32.9. The summed E-state index contributed by atoms with van der Waals surface area (Å²) < 4.78 is 1.67. The van der Waals surface area contributed by atoms with Gasteiger partial charge in [-0.3, -0.25) is 43.2 Å². The molecule has 14 N–H and O–H groups in total. The SMILES string of the molecule is CC(C)[C@H](NC(=O)[C@H](Cc1c[nH]c2ccccc12)NC(=O)[C@@H](N)CCC(N)=O)C(=O)N[C@@H](C)C(=O)NCCC(=O)N[C@@H](Cc1cncn1C)C(=O)N[C@@H](Cc1cccs1)C(=O)NC(C(N)=O)C(C)(C)C. The third kappa shape index (κ3) is 16.5. The van der Waals surface area contributed by atoms with Gasteiger partial charge < -0.3 is 64.0 Å². The molecule has 4 rings (SSSR count). The van der Waals surface area contributed by atoms with E-state index in [-0.39, 0.29) is 45.1 Å². The molecule has 4 aromatic rings. The summed E-state index contributed by atoms with van der Waals surface area (Å²) in [6.45, 7) is 9.82. The molecule has 0 bridgehead atoms. The average Bonchev–Trinajstić information content (AvgIpc) is 4.06. The number of nitrogens with zero attached hydrogens (tertiary/aromatic N) is 2. The van der Waals surface area contributed by atoms with Crippen LogP contribution in [0.2, 0.25) is 0 Å². The van der Waals surface area contributed by atoms with Crippen molar-refractivity contribution in [3.05, 3.63) is 76.6 Å². The number of rotatable bonds is 26. The Balaban J connectivity index is 1.39. The van der Waals surface area contributed by atoms with Crippen LogP contribution < -0.4 is 54.4 Å². The number of fused-ring (bicyclic) bond motifs is 1. The zero-order chi connectivity index (χ0) is 51.9. The van der Waals surface area contributed by atoms with E-state index in [2.05, 4.69) is 47.2 Å². The molecule has 0 aliphatic heterocycles. The minimum atomic E-state index is -1.21. The fraction of sp³-hybridized carbons (Fsp3) is 0.489. The molecule has 70 heavy (non-hydrogen) atoms. The molecule has 7 atom stereocenters. The number of primary amides is 2. The van der Waals surface area contributed by atoms with Crippen LogP contribution in [0.15, 0.2) is 60.5 Å². The summed E-state index contributed by atoms with van der Waals surface area (Å²) >= 11 is 1.37. The zero-order valence-electron chi connectivity index (χ0n) is 40.6. The fourth-order valence-corrected chi connectivity index (χ4v) is 8.13. The van der Waals surface area contributed by atoms with Gasteiger partial charge in [-0.2, -0.15) is 0 Å². The number of para-hydroxylation sites is 1. The van der Waals surface area contributed by atoms with Gasteiger partial charge in [0.25, 0.3) is 0 Å². The van der Waals surface area contributed by atoms with Crippen LogP contribution in [0.3, 0.4) is 0 Å². The van der Waals surface area contributed by atoms with Crippen molar-refractivity contribution in [3.8, 4) is 0 Å². The maximum atomic E-state index is 14.0. The van der Waals surface area contributed by atoms with E-state index in [9.17, 15) is 43.2 Å². The molecule has 0 spiro atoms. The van der Waals surface area contributed by atoms with E-state index in [0.717, 1.165) is 15.8 Å². The van der Waals surface area contributed by atoms with Crippen LogP contribution >= 0.6 is 11.3 Å². The van der Waals surface area contributed by atoms with Gasteiger partial charge in [-0.1, -0.05) is 58.9 Å². The monoisotopic (exact) mass is 989 g/mol. The van der Waals surface area contributed by atoms with Gasteiger partial charge in [0.15, 0.2) is 0 Å². The summed E-state index contributed by atoms with van der Waals surface area (Å²) in [5, 5.41) is 21.3. The molecule has 22 nitrogen and oxygen atoms in total. The molecule has 380 valence electrons. The number of amides is 9. The summed E-state index contributed by atoms with van der Waals surface area (Å²) in [5.74, 6) is -6.59. The smallest absolute Gasteiger partial charge is 0.243 e. The Morgan fingerprint density at radius 2 is 1.39 bits per heavy atom. The number of H-pyrrole nitrogens is 1. The second-order valence-electron chi connectivity index (χ2n) is 18.6. The van der Waals surface area contributed by atoms with Crippen LogP contribution in [-0.2, 0) is 69.5 Å². The normalized spacial score (nSPS) is 14.5. The zero-order valence-corrected chi connectivity index (χ0v) is 41.4. The quantitative estimate of drug-likeness (QED) is 0.0370. The fourth-order valence-electron chi connectivity index (χ4n) is 7.38.